The Morgan fingerprint density at radius 1 is 1.42 bits per heavy atom. The zero-order valence-electron chi connectivity index (χ0n) is 13.1. The Balaban J connectivity index is 1.99. The number of hydrogen-bond donors (Lipinski definition) is 3. The summed E-state index contributed by atoms with van der Waals surface area (Å²) in [6, 6.07) is 2.38. The summed E-state index contributed by atoms with van der Waals surface area (Å²) >= 11 is 5.94. The van der Waals surface area contributed by atoms with E-state index < -0.39 is 22.2 Å². The van der Waals surface area contributed by atoms with E-state index in [1.54, 1.807) is 25.3 Å². The molecule has 3 N–H and O–H groups in total. The van der Waals surface area contributed by atoms with Crippen molar-refractivity contribution in [1.29, 1.82) is 0 Å². The first kappa shape index (κ1) is 18.9. The van der Waals surface area contributed by atoms with Crippen LogP contribution in [0, 0.1) is 0 Å². The van der Waals surface area contributed by atoms with Crippen LogP contribution in [0.3, 0.4) is 0 Å². The zero-order valence-corrected chi connectivity index (χ0v) is 14.7. The fraction of sp³-hybridized carbons (Fsp3) is 0.538. The van der Waals surface area contributed by atoms with Crippen molar-refractivity contribution < 1.29 is 18.4 Å². The summed E-state index contributed by atoms with van der Waals surface area (Å²) < 4.78 is 28.3. The van der Waals surface area contributed by atoms with E-state index in [9.17, 15) is 13.2 Å². The van der Waals surface area contributed by atoms with Crippen molar-refractivity contribution >= 4 is 33.5 Å². The molecule has 0 unspecified atom stereocenters. The highest BCUT2D eigenvalue weighted by molar-refractivity contribution is 7.87. The fourth-order valence-corrected chi connectivity index (χ4v) is 3.96. The van der Waals surface area contributed by atoms with E-state index in [1.165, 1.54) is 9.79 Å². The van der Waals surface area contributed by atoms with Gasteiger partial charge in [-0.05, 0) is 18.6 Å². The molecule has 1 aliphatic heterocycles. The number of carbonyl (C=O) groups is 1. The largest absolute Gasteiger partial charge is 0.354 e. The fourth-order valence-electron chi connectivity index (χ4n) is 2.38. The highest BCUT2D eigenvalue weighted by atomic mass is 35.5. The number of rotatable bonds is 6. The van der Waals surface area contributed by atoms with Crippen molar-refractivity contribution in [2.24, 2.45) is 0 Å². The summed E-state index contributed by atoms with van der Waals surface area (Å²) in [6.07, 6.45) is 1.82. The van der Waals surface area contributed by atoms with Crippen molar-refractivity contribution in [3.05, 3.63) is 23.4 Å². The average molecular weight is 378 g/mol. The summed E-state index contributed by atoms with van der Waals surface area (Å²) in [7, 11) is -3.83. The molecular weight excluding hydrogens is 358 g/mol. The molecule has 0 radical (unpaired) electrons. The van der Waals surface area contributed by atoms with Crippen LogP contribution in [0.15, 0.2) is 18.3 Å². The molecule has 11 heteroatoms. The molecule has 0 bridgehead atoms. The number of halogens is 1. The van der Waals surface area contributed by atoms with Gasteiger partial charge in [0.1, 0.15) is 11.9 Å². The second-order valence-electron chi connectivity index (χ2n) is 5.28. The molecule has 1 atom stereocenters. The highest BCUT2D eigenvalue weighted by Gasteiger charge is 2.31. The molecular formula is C13H20ClN5O4S. The van der Waals surface area contributed by atoms with Gasteiger partial charge >= 0.3 is 0 Å². The maximum atomic E-state index is 12.4. The van der Waals surface area contributed by atoms with Gasteiger partial charge in [0.15, 0.2) is 0 Å². The molecule has 2 heterocycles. The first-order chi connectivity index (χ1) is 11.4. The Morgan fingerprint density at radius 3 is 2.62 bits per heavy atom. The number of nitrogens with one attached hydrogen (secondary N) is 2. The Morgan fingerprint density at radius 2 is 2.08 bits per heavy atom. The van der Waals surface area contributed by atoms with E-state index in [0.717, 1.165) is 0 Å². The molecule has 1 saturated heterocycles. The van der Waals surface area contributed by atoms with Gasteiger partial charge < -0.3 is 4.90 Å². The molecule has 1 aromatic heterocycles. The van der Waals surface area contributed by atoms with Gasteiger partial charge in [0.25, 0.3) is 16.1 Å². The van der Waals surface area contributed by atoms with Gasteiger partial charge in [0.2, 0.25) is 0 Å². The molecule has 1 aliphatic rings. The maximum Gasteiger partial charge on any atom is 0.280 e. The third kappa shape index (κ3) is 4.54. The van der Waals surface area contributed by atoms with E-state index in [-0.39, 0.29) is 19.5 Å². The molecule has 2 rings (SSSR count). The Labute approximate surface area is 145 Å². The van der Waals surface area contributed by atoms with Crippen molar-refractivity contribution in [2.75, 3.05) is 31.1 Å². The van der Waals surface area contributed by atoms with Gasteiger partial charge in [-0.15, -0.1) is 0 Å². The molecule has 0 aromatic carbocycles. The molecule has 134 valence electrons. The van der Waals surface area contributed by atoms with E-state index in [0.29, 0.717) is 23.9 Å². The Hall–Kier alpha value is -1.46. The predicted molar refractivity (Wildman–Crippen MR) is 89.1 cm³/mol. The second kappa shape index (κ2) is 8.08. The van der Waals surface area contributed by atoms with Crippen LogP contribution in [-0.2, 0) is 15.0 Å². The van der Waals surface area contributed by atoms with Crippen LogP contribution in [-0.4, -0.2) is 61.0 Å². The molecule has 1 aromatic rings. The van der Waals surface area contributed by atoms with Gasteiger partial charge in [-0.2, -0.15) is 17.4 Å². The molecule has 9 nitrogen and oxygen atoms in total. The van der Waals surface area contributed by atoms with Gasteiger partial charge in [-0.1, -0.05) is 18.5 Å². The number of carbonyl (C=O) groups excluding carboxylic acids is 1. The smallest absolute Gasteiger partial charge is 0.280 e. The summed E-state index contributed by atoms with van der Waals surface area (Å²) in [4.78, 5) is 17.6. The van der Waals surface area contributed by atoms with Crippen molar-refractivity contribution in [3.8, 4) is 0 Å². The van der Waals surface area contributed by atoms with Gasteiger partial charge in [0.05, 0.1) is 0 Å². The summed E-state index contributed by atoms with van der Waals surface area (Å²) in [5.41, 5.74) is 1.46. The van der Waals surface area contributed by atoms with Crippen LogP contribution in [0.1, 0.15) is 13.3 Å². The molecule has 1 fully saturated rings. The minimum Gasteiger partial charge on any atom is -0.354 e. The van der Waals surface area contributed by atoms with Crippen molar-refractivity contribution in [1.82, 2.24) is 19.5 Å². The lowest BCUT2D eigenvalue weighted by Crippen LogP contribution is -2.55. The lowest BCUT2D eigenvalue weighted by Gasteiger charge is -2.35. The maximum absolute atomic E-state index is 12.4. The topological polar surface area (TPSA) is 115 Å². The number of amides is 1. The van der Waals surface area contributed by atoms with Crippen LogP contribution >= 0.6 is 11.6 Å². The van der Waals surface area contributed by atoms with Gasteiger partial charge in [0, 0.05) is 37.4 Å². The first-order valence-electron chi connectivity index (χ1n) is 7.45. The normalized spacial score (nSPS) is 17.5. The Bertz CT molecular complexity index is 679. The highest BCUT2D eigenvalue weighted by Crippen LogP contribution is 2.18. The number of nitrogens with zero attached hydrogens (tertiary/aromatic N) is 3. The minimum atomic E-state index is -3.83. The first-order valence-corrected chi connectivity index (χ1v) is 9.27. The van der Waals surface area contributed by atoms with E-state index in [1.807, 2.05) is 4.90 Å². The SMILES string of the molecule is CC[C@@H](NS(=O)(=O)N1CCN(c2cc(Cl)ccn2)CC1)C(=O)NO. The molecule has 24 heavy (non-hydrogen) atoms. The number of aromatic nitrogens is 1. The van der Waals surface area contributed by atoms with Gasteiger partial charge in [-0.25, -0.2) is 10.5 Å². The number of piperazine rings is 1. The summed E-state index contributed by atoms with van der Waals surface area (Å²) in [5.74, 6) is -0.0959. The third-order valence-electron chi connectivity index (χ3n) is 3.74. The summed E-state index contributed by atoms with van der Waals surface area (Å²) in [5, 5.41) is 9.22. The second-order valence-corrected chi connectivity index (χ2v) is 7.42. The number of pyridine rings is 1. The minimum absolute atomic E-state index is 0.220. The van der Waals surface area contributed by atoms with Crippen molar-refractivity contribution in [2.45, 2.75) is 19.4 Å². The van der Waals surface area contributed by atoms with Crippen LogP contribution in [0.4, 0.5) is 5.82 Å². The van der Waals surface area contributed by atoms with Crippen LogP contribution in [0.25, 0.3) is 0 Å². The summed E-state index contributed by atoms with van der Waals surface area (Å²) in [6.45, 7) is 3.06. The van der Waals surface area contributed by atoms with Crippen LogP contribution in [0.2, 0.25) is 5.02 Å². The molecule has 0 aliphatic carbocycles. The molecule has 0 spiro atoms. The molecule has 1 amide bonds. The van der Waals surface area contributed by atoms with Gasteiger partial charge in [-0.3, -0.25) is 10.0 Å². The zero-order chi connectivity index (χ0) is 17.7. The van der Waals surface area contributed by atoms with E-state index in [4.69, 9.17) is 16.8 Å². The monoisotopic (exact) mass is 377 g/mol. The lowest BCUT2D eigenvalue weighted by atomic mass is 10.2. The average Bonchev–Trinajstić information content (AvgIpc) is 2.59. The molecule has 0 saturated carbocycles. The third-order valence-corrected chi connectivity index (χ3v) is 5.60. The van der Waals surface area contributed by atoms with E-state index >= 15 is 0 Å². The number of hydrogen-bond acceptors (Lipinski definition) is 6. The quantitative estimate of drug-likeness (QED) is 0.474. The lowest BCUT2D eigenvalue weighted by molar-refractivity contribution is -0.131. The van der Waals surface area contributed by atoms with Crippen LogP contribution in [0.5, 0.6) is 0 Å². The van der Waals surface area contributed by atoms with E-state index in [2.05, 4.69) is 9.71 Å². The standard InChI is InChI=1S/C13H20ClN5O4S/c1-2-11(13(20)16-21)17-24(22,23)19-7-5-18(6-8-19)12-9-10(14)3-4-15-12/h3-4,9,11,17,21H,2,5-8H2,1H3,(H,16,20)/t11-/m1/s1. The number of hydroxylamine groups is 1. The van der Waals surface area contributed by atoms with Crippen molar-refractivity contribution in [3.63, 3.8) is 0 Å². The van der Waals surface area contributed by atoms with Crippen LogP contribution < -0.4 is 15.1 Å². The Kier molecular flexibility index (Phi) is 6.35. The number of anilines is 1. The predicted octanol–water partition coefficient (Wildman–Crippen LogP) is -0.0246.